The normalized spacial score (nSPS) is 11.5. The Kier molecular flexibility index (Phi) is 4.89. The summed E-state index contributed by atoms with van der Waals surface area (Å²) in [5, 5.41) is 0.00103. The Balaban J connectivity index is 2.13. The van der Waals surface area contributed by atoms with Crippen molar-refractivity contribution in [2.45, 2.75) is 4.90 Å². The molecule has 0 unspecified atom stereocenters. The molecule has 2 rings (SSSR count). The SMILES string of the molecule is O=C(/C=C/c1cncc(F)c1)NS(=O)(=O)c1ccccc1Cl. The molecule has 0 aliphatic heterocycles. The van der Waals surface area contributed by atoms with Gasteiger partial charge in [-0.15, -0.1) is 0 Å². The topological polar surface area (TPSA) is 76.1 Å². The molecule has 1 aromatic carbocycles. The molecule has 1 N–H and O–H groups in total. The molecular formula is C14H10ClFN2O3S. The minimum Gasteiger partial charge on any atom is -0.269 e. The molecule has 8 heteroatoms. The zero-order valence-corrected chi connectivity index (χ0v) is 12.6. The van der Waals surface area contributed by atoms with E-state index < -0.39 is 21.7 Å². The largest absolute Gasteiger partial charge is 0.269 e. The van der Waals surface area contributed by atoms with Gasteiger partial charge in [0, 0.05) is 12.3 Å². The Morgan fingerprint density at radius 2 is 2.00 bits per heavy atom. The van der Waals surface area contributed by atoms with Gasteiger partial charge in [-0.2, -0.15) is 0 Å². The van der Waals surface area contributed by atoms with Gasteiger partial charge in [0.1, 0.15) is 10.7 Å². The van der Waals surface area contributed by atoms with Gasteiger partial charge in [0.2, 0.25) is 0 Å². The summed E-state index contributed by atoms with van der Waals surface area (Å²) in [6.07, 6.45) is 4.55. The van der Waals surface area contributed by atoms with Crippen LogP contribution in [0, 0.1) is 5.82 Å². The van der Waals surface area contributed by atoms with Crippen LogP contribution < -0.4 is 4.72 Å². The van der Waals surface area contributed by atoms with Crippen molar-refractivity contribution in [3.8, 4) is 0 Å². The van der Waals surface area contributed by atoms with Crippen LogP contribution in [0.3, 0.4) is 0 Å². The first-order valence-corrected chi connectivity index (χ1v) is 7.84. The van der Waals surface area contributed by atoms with Crippen molar-refractivity contribution in [1.82, 2.24) is 9.71 Å². The molecule has 0 radical (unpaired) electrons. The lowest BCUT2D eigenvalue weighted by atomic mass is 10.2. The highest BCUT2D eigenvalue weighted by Crippen LogP contribution is 2.20. The number of aromatic nitrogens is 1. The van der Waals surface area contributed by atoms with Gasteiger partial charge in [0.25, 0.3) is 15.9 Å². The number of rotatable bonds is 4. The minimum atomic E-state index is -4.08. The highest BCUT2D eigenvalue weighted by atomic mass is 35.5. The summed E-state index contributed by atoms with van der Waals surface area (Å²) < 4.78 is 38.8. The number of nitrogens with one attached hydrogen (secondary N) is 1. The second-order valence-corrected chi connectivity index (χ2v) is 6.23. The highest BCUT2D eigenvalue weighted by Gasteiger charge is 2.18. The molecular weight excluding hydrogens is 331 g/mol. The van der Waals surface area contributed by atoms with Gasteiger partial charge in [0.05, 0.1) is 11.2 Å². The van der Waals surface area contributed by atoms with Crippen LogP contribution in [0.1, 0.15) is 5.56 Å². The van der Waals surface area contributed by atoms with E-state index in [0.717, 1.165) is 18.3 Å². The van der Waals surface area contributed by atoms with Gasteiger partial charge >= 0.3 is 0 Å². The number of hydrogen-bond acceptors (Lipinski definition) is 4. The summed E-state index contributed by atoms with van der Waals surface area (Å²) in [5.41, 5.74) is 0.324. The molecule has 5 nitrogen and oxygen atoms in total. The monoisotopic (exact) mass is 340 g/mol. The van der Waals surface area contributed by atoms with Crippen LogP contribution in [-0.2, 0) is 14.8 Å². The van der Waals surface area contributed by atoms with Crippen molar-refractivity contribution >= 4 is 33.6 Å². The predicted octanol–water partition coefficient (Wildman–Crippen LogP) is 2.39. The second kappa shape index (κ2) is 6.67. The molecule has 0 aliphatic carbocycles. The zero-order chi connectivity index (χ0) is 16.2. The van der Waals surface area contributed by atoms with E-state index in [2.05, 4.69) is 4.98 Å². The molecule has 0 atom stereocenters. The van der Waals surface area contributed by atoms with E-state index in [-0.39, 0.29) is 9.92 Å². The van der Waals surface area contributed by atoms with E-state index >= 15 is 0 Å². The number of nitrogens with zero attached hydrogens (tertiary/aromatic N) is 1. The fourth-order valence-electron chi connectivity index (χ4n) is 1.58. The number of amides is 1. The van der Waals surface area contributed by atoms with E-state index in [1.54, 1.807) is 6.07 Å². The van der Waals surface area contributed by atoms with E-state index in [4.69, 9.17) is 11.6 Å². The summed E-state index contributed by atoms with van der Waals surface area (Å²) >= 11 is 5.78. The fraction of sp³-hybridized carbons (Fsp3) is 0. The Morgan fingerprint density at radius 1 is 1.27 bits per heavy atom. The molecule has 1 amide bonds. The molecule has 1 aromatic heterocycles. The third kappa shape index (κ3) is 4.12. The third-order valence-corrected chi connectivity index (χ3v) is 4.36. The number of benzene rings is 1. The molecule has 0 saturated heterocycles. The molecule has 22 heavy (non-hydrogen) atoms. The highest BCUT2D eigenvalue weighted by molar-refractivity contribution is 7.90. The molecule has 114 valence electrons. The van der Waals surface area contributed by atoms with Crippen LogP contribution in [0.25, 0.3) is 6.08 Å². The van der Waals surface area contributed by atoms with Gasteiger partial charge < -0.3 is 0 Å². The Morgan fingerprint density at radius 3 is 2.68 bits per heavy atom. The first kappa shape index (κ1) is 16.1. The Labute approximate surface area is 131 Å². The molecule has 1 heterocycles. The number of pyridine rings is 1. The fourth-order valence-corrected chi connectivity index (χ4v) is 3.04. The number of sulfonamides is 1. The van der Waals surface area contributed by atoms with Crippen molar-refractivity contribution < 1.29 is 17.6 Å². The number of carbonyl (C=O) groups excluding carboxylic acids is 1. The Bertz CT molecular complexity index is 837. The predicted molar refractivity (Wildman–Crippen MR) is 80.0 cm³/mol. The Hall–Kier alpha value is -2.25. The lowest BCUT2D eigenvalue weighted by Gasteiger charge is -2.06. The van der Waals surface area contributed by atoms with Crippen LogP contribution in [0.5, 0.6) is 0 Å². The lowest BCUT2D eigenvalue weighted by Crippen LogP contribution is -2.29. The third-order valence-electron chi connectivity index (χ3n) is 2.51. The standard InChI is InChI=1S/C14H10ClFN2O3S/c15-12-3-1-2-4-13(12)22(20,21)18-14(19)6-5-10-7-11(16)9-17-8-10/h1-9H,(H,18,19)/b6-5+. The van der Waals surface area contributed by atoms with Crippen molar-refractivity contribution in [3.05, 3.63) is 65.2 Å². The first-order valence-electron chi connectivity index (χ1n) is 5.98. The van der Waals surface area contributed by atoms with Crippen molar-refractivity contribution in [2.24, 2.45) is 0 Å². The zero-order valence-electron chi connectivity index (χ0n) is 11.0. The van der Waals surface area contributed by atoms with Gasteiger partial charge in [-0.1, -0.05) is 23.7 Å². The maximum absolute atomic E-state index is 12.9. The maximum Gasteiger partial charge on any atom is 0.265 e. The van der Waals surface area contributed by atoms with Gasteiger partial charge in [-0.05, 0) is 29.8 Å². The molecule has 0 fully saturated rings. The molecule has 0 saturated carbocycles. The van der Waals surface area contributed by atoms with Crippen molar-refractivity contribution in [1.29, 1.82) is 0 Å². The van der Waals surface area contributed by atoms with Crippen LogP contribution in [0.4, 0.5) is 4.39 Å². The van der Waals surface area contributed by atoms with Crippen LogP contribution in [0.2, 0.25) is 5.02 Å². The summed E-state index contributed by atoms with van der Waals surface area (Å²) in [6.45, 7) is 0. The van der Waals surface area contributed by atoms with E-state index in [9.17, 15) is 17.6 Å². The quantitative estimate of drug-likeness (QED) is 0.867. The average molecular weight is 341 g/mol. The summed E-state index contributed by atoms with van der Waals surface area (Å²) in [6, 6.07) is 6.88. The summed E-state index contributed by atoms with van der Waals surface area (Å²) in [7, 11) is -4.08. The summed E-state index contributed by atoms with van der Waals surface area (Å²) in [5.74, 6) is -1.45. The smallest absolute Gasteiger partial charge is 0.265 e. The van der Waals surface area contributed by atoms with Crippen LogP contribution in [0.15, 0.2) is 53.7 Å². The van der Waals surface area contributed by atoms with Crippen LogP contribution >= 0.6 is 11.6 Å². The number of hydrogen-bond donors (Lipinski definition) is 1. The molecule has 2 aromatic rings. The van der Waals surface area contributed by atoms with Crippen molar-refractivity contribution in [3.63, 3.8) is 0 Å². The van der Waals surface area contributed by atoms with Crippen molar-refractivity contribution in [2.75, 3.05) is 0 Å². The lowest BCUT2D eigenvalue weighted by molar-refractivity contribution is -0.114. The van der Waals surface area contributed by atoms with Gasteiger partial charge in [0.15, 0.2) is 0 Å². The molecule has 0 bridgehead atoms. The van der Waals surface area contributed by atoms with Crippen LogP contribution in [-0.4, -0.2) is 19.3 Å². The number of halogens is 2. The first-order chi connectivity index (χ1) is 10.4. The van der Waals surface area contributed by atoms with Gasteiger partial charge in [-0.3, -0.25) is 9.78 Å². The van der Waals surface area contributed by atoms with E-state index in [1.165, 1.54) is 30.5 Å². The summed E-state index contributed by atoms with van der Waals surface area (Å²) in [4.78, 5) is 15.1. The van der Waals surface area contributed by atoms with Gasteiger partial charge in [-0.25, -0.2) is 17.5 Å². The second-order valence-electron chi connectivity index (χ2n) is 4.17. The maximum atomic E-state index is 12.9. The molecule has 0 aliphatic rings. The number of carbonyl (C=O) groups is 1. The average Bonchev–Trinajstić information content (AvgIpc) is 2.45. The molecule has 0 spiro atoms. The minimum absolute atomic E-state index is 0.00103. The van der Waals surface area contributed by atoms with E-state index in [0.29, 0.717) is 5.56 Å². The van der Waals surface area contributed by atoms with E-state index in [1.807, 2.05) is 4.72 Å².